The normalized spacial score (nSPS) is 18.8. The summed E-state index contributed by atoms with van der Waals surface area (Å²) in [4.78, 5) is 17.7. The van der Waals surface area contributed by atoms with Crippen molar-refractivity contribution in [3.05, 3.63) is 16.6 Å². The summed E-state index contributed by atoms with van der Waals surface area (Å²) in [5, 5.41) is 0. The Kier molecular flexibility index (Phi) is 3.97. The van der Waals surface area contributed by atoms with Gasteiger partial charge in [-0.2, -0.15) is 0 Å². The fraction of sp³-hybridized carbons (Fsp3) is 0.714. The second kappa shape index (κ2) is 5.30. The van der Waals surface area contributed by atoms with Crippen molar-refractivity contribution in [1.29, 1.82) is 0 Å². The highest BCUT2D eigenvalue weighted by Crippen LogP contribution is 2.44. The minimum atomic E-state index is -0.0157. The van der Waals surface area contributed by atoms with Crippen LogP contribution in [0, 0.1) is 11.3 Å². The molecule has 1 aliphatic carbocycles. The summed E-state index contributed by atoms with van der Waals surface area (Å²) < 4.78 is 0. The second-order valence-electron chi connectivity index (χ2n) is 5.65. The van der Waals surface area contributed by atoms with Crippen LogP contribution in [0.5, 0.6) is 0 Å². The number of ketones is 1. The third kappa shape index (κ3) is 2.95. The first-order valence-electron chi connectivity index (χ1n) is 6.53. The van der Waals surface area contributed by atoms with Crippen LogP contribution in [0.15, 0.2) is 11.7 Å². The van der Waals surface area contributed by atoms with E-state index in [0.29, 0.717) is 18.1 Å². The Hall–Kier alpha value is -0.700. The number of Topliss-reactive ketones (excluding diaryl/α,β-unsaturated/α-hetero) is 1. The van der Waals surface area contributed by atoms with E-state index in [1.54, 1.807) is 11.3 Å². The molecule has 2 nitrogen and oxygen atoms in total. The fourth-order valence-electron chi connectivity index (χ4n) is 3.11. The fourth-order valence-corrected chi connectivity index (χ4v) is 3.70. The van der Waals surface area contributed by atoms with E-state index in [2.05, 4.69) is 18.8 Å². The lowest BCUT2D eigenvalue weighted by Crippen LogP contribution is -2.31. The molecule has 0 saturated heterocycles. The van der Waals surface area contributed by atoms with E-state index in [4.69, 9.17) is 0 Å². The number of rotatable bonds is 5. The summed E-state index contributed by atoms with van der Waals surface area (Å²) in [6.07, 6.45) is 8.14. The topological polar surface area (TPSA) is 30.0 Å². The Morgan fingerprint density at radius 3 is 2.71 bits per heavy atom. The lowest BCUT2D eigenvalue weighted by molar-refractivity contribution is -0.128. The molecular formula is C14H21NOS. The summed E-state index contributed by atoms with van der Waals surface area (Å²) >= 11 is 1.60. The van der Waals surface area contributed by atoms with Crippen molar-refractivity contribution in [3.8, 4) is 0 Å². The van der Waals surface area contributed by atoms with E-state index >= 15 is 0 Å². The van der Waals surface area contributed by atoms with Crippen LogP contribution in [0.3, 0.4) is 0 Å². The van der Waals surface area contributed by atoms with E-state index in [-0.39, 0.29) is 5.41 Å². The van der Waals surface area contributed by atoms with Gasteiger partial charge in [0.25, 0.3) is 0 Å². The number of carbonyl (C=O) groups excluding carboxylic acids is 1. The highest BCUT2D eigenvalue weighted by molar-refractivity contribution is 7.09. The van der Waals surface area contributed by atoms with Gasteiger partial charge >= 0.3 is 0 Å². The van der Waals surface area contributed by atoms with E-state index in [1.807, 2.05) is 11.7 Å². The van der Waals surface area contributed by atoms with Gasteiger partial charge in [-0.25, -0.2) is 0 Å². The number of nitrogens with zero attached hydrogens (tertiary/aromatic N) is 1. The number of hydrogen-bond acceptors (Lipinski definition) is 3. The Balaban J connectivity index is 2.08. The number of hydrogen-bond donors (Lipinski definition) is 0. The molecule has 0 spiro atoms. The first-order valence-corrected chi connectivity index (χ1v) is 7.41. The predicted octanol–water partition coefficient (Wildman–Crippen LogP) is 3.86. The molecule has 1 aromatic rings. The summed E-state index contributed by atoms with van der Waals surface area (Å²) in [7, 11) is 0. The van der Waals surface area contributed by atoms with Gasteiger partial charge in [0, 0.05) is 22.9 Å². The Labute approximate surface area is 107 Å². The number of carbonyl (C=O) groups is 1. The third-order valence-electron chi connectivity index (χ3n) is 3.77. The molecule has 0 bridgehead atoms. The van der Waals surface area contributed by atoms with Gasteiger partial charge in [-0.3, -0.25) is 9.78 Å². The van der Waals surface area contributed by atoms with Gasteiger partial charge in [-0.15, -0.1) is 11.3 Å². The number of aromatic nitrogens is 1. The lowest BCUT2D eigenvalue weighted by atomic mass is 9.74. The zero-order valence-electron chi connectivity index (χ0n) is 10.7. The Bertz CT molecular complexity index is 364. The Morgan fingerprint density at radius 2 is 2.18 bits per heavy atom. The summed E-state index contributed by atoms with van der Waals surface area (Å²) in [6.45, 7) is 4.44. The maximum atomic E-state index is 12.5. The maximum Gasteiger partial charge on any atom is 0.144 e. The van der Waals surface area contributed by atoms with Crippen LogP contribution in [-0.2, 0) is 11.2 Å². The number of thiazole rings is 1. The van der Waals surface area contributed by atoms with E-state index < -0.39 is 0 Å². The van der Waals surface area contributed by atoms with Crippen molar-refractivity contribution in [1.82, 2.24) is 4.98 Å². The van der Waals surface area contributed by atoms with Crippen molar-refractivity contribution in [2.45, 2.75) is 52.4 Å². The van der Waals surface area contributed by atoms with Crippen LogP contribution < -0.4 is 0 Å². The molecule has 3 heteroatoms. The van der Waals surface area contributed by atoms with Crippen molar-refractivity contribution in [2.75, 3.05) is 0 Å². The molecule has 0 radical (unpaired) electrons. The molecule has 1 heterocycles. The summed E-state index contributed by atoms with van der Waals surface area (Å²) in [5.74, 6) is 1.06. The zero-order chi connectivity index (χ0) is 12.3. The van der Waals surface area contributed by atoms with Crippen LogP contribution in [0.2, 0.25) is 0 Å². The molecule has 1 aromatic heterocycles. The molecule has 0 N–H and O–H groups in total. The maximum absolute atomic E-state index is 12.5. The van der Waals surface area contributed by atoms with Crippen LogP contribution >= 0.6 is 11.3 Å². The second-order valence-corrected chi connectivity index (χ2v) is 6.62. The molecule has 0 atom stereocenters. The highest BCUT2D eigenvalue weighted by Gasteiger charge is 2.40. The molecule has 1 fully saturated rings. The van der Waals surface area contributed by atoms with Gasteiger partial charge in [0.1, 0.15) is 5.78 Å². The monoisotopic (exact) mass is 251 g/mol. The molecule has 94 valence electrons. The molecule has 0 amide bonds. The van der Waals surface area contributed by atoms with E-state index in [9.17, 15) is 4.79 Å². The quantitative estimate of drug-likeness (QED) is 0.795. The Morgan fingerprint density at radius 1 is 1.47 bits per heavy atom. The van der Waals surface area contributed by atoms with Crippen molar-refractivity contribution >= 4 is 17.1 Å². The molecule has 1 saturated carbocycles. The van der Waals surface area contributed by atoms with E-state index in [1.165, 1.54) is 12.8 Å². The van der Waals surface area contributed by atoms with Crippen molar-refractivity contribution in [2.24, 2.45) is 11.3 Å². The van der Waals surface area contributed by atoms with Gasteiger partial charge in [0.2, 0.25) is 0 Å². The van der Waals surface area contributed by atoms with Gasteiger partial charge in [-0.1, -0.05) is 26.7 Å². The van der Waals surface area contributed by atoms with Gasteiger partial charge < -0.3 is 0 Å². The molecule has 0 unspecified atom stereocenters. The largest absolute Gasteiger partial charge is 0.299 e. The van der Waals surface area contributed by atoms with Crippen molar-refractivity contribution in [3.63, 3.8) is 0 Å². The highest BCUT2D eigenvalue weighted by atomic mass is 32.1. The first-order chi connectivity index (χ1) is 8.12. The smallest absolute Gasteiger partial charge is 0.144 e. The SMILES string of the molecule is CC(C)CC1(C(=O)Cc2cncs2)CCCC1. The van der Waals surface area contributed by atoms with Gasteiger partial charge in [-0.05, 0) is 25.2 Å². The molecule has 1 aliphatic rings. The van der Waals surface area contributed by atoms with Crippen LogP contribution in [0.25, 0.3) is 0 Å². The summed E-state index contributed by atoms with van der Waals surface area (Å²) in [6, 6.07) is 0. The van der Waals surface area contributed by atoms with Crippen molar-refractivity contribution < 1.29 is 4.79 Å². The van der Waals surface area contributed by atoms with Gasteiger partial charge in [0.15, 0.2) is 0 Å². The minimum Gasteiger partial charge on any atom is -0.299 e. The first kappa shape index (κ1) is 12.7. The molecule has 0 aromatic carbocycles. The summed E-state index contributed by atoms with van der Waals surface area (Å²) in [5.41, 5.74) is 1.80. The molecule has 17 heavy (non-hydrogen) atoms. The zero-order valence-corrected chi connectivity index (χ0v) is 11.6. The third-order valence-corrected chi connectivity index (χ3v) is 4.55. The molecule has 2 rings (SSSR count). The average molecular weight is 251 g/mol. The van der Waals surface area contributed by atoms with Gasteiger partial charge in [0.05, 0.1) is 5.51 Å². The minimum absolute atomic E-state index is 0.0157. The predicted molar refractivity (Wildman–Crippen MR) is 71.2 cm³/mol. The van der Waals surface area contributed by atoms with Crippen LogP contribution in [-0.4, -0.2) is 10.8 Å². The van der Waals surface area contributed by atoms with E-state index in [0.717, 1.165) is 24.1 Å². The lowest BCUT2D eigenvalue weighted by Gasteiger charge is -2.29. The standard InChI is InChI=1S/C14H21NOS/c1-11(2)8-14(5-3-4-6-14)13(16)7-12-9-15-10-17-12/h9-11H,3-8H2,1-2H3. The van der Waals surface area contributed by atoms with Crippen LogP contribution in [0.1, 0.15) is 50.8 Å². The average Bonchev–Trinajstić information content (AvgIpc) is 2.88. The molecular weight excluding hydrogens is 230 g/mol. The molecule has 0 aliphatic heterocycles. The van der Waals surface area contributed by atoms with Crippen LogP contribution in [0.4, 0.5) is 0 Å².